The first-order valence-corrected chi connectivity index (χ1v) is 6.48. The Balaban J connectivity index is 0.00000200. The number of fused-ring (bicyclic) bond motifs is 2. The Hall–Kier alpha value is -0.690. The van der Waals surface area contributed by atoms with Crippen molar-refractivity contribution >= 4 is 22.3 Å². The van der Waals surface area contributed by atoms with Crippen molar-refractivity contribution in [3.63, 3.8) is 0 Å². The van der Waals surface area contributed by atoms with Gasteiger partial charge in [0.15, 0.2) is 0 Å². The number of carbonyl (C=O) groups is 2. The monoisotopic (exact) mass is 317 g/mol. The Kier molecular flexibility index (Phi) is 5.18. The summed E-state index contributed by atoms with van der Waals surface area (Å²) in [7, 11) is -4.87. The maximum atomic E-state index is 11.9. The van der Waals surface area contributed by atoms with E-state index in [2.05, 4.69) is 4.28 Å². The van der Waals surface area contributed by atoms with Crippen LogP contribution in [0.25, 0.3) is 0 Å². The fraction of sp³-hybridized carbons (Fsp3) is 0.500. The van der Waals surface area contributed by atoms with Gasteiger partial charge < -0.3 is 17.2 Å². The maximum absolute atomic E-state index is 11.9. The minimum Gasteiger partial charge on any atom is -1.00 e. The van der Waals surface area contributed by atoms with E-state index in [4.69, 9.17) is 15.4 Å². The van der Waals surface area contributed by atoms with Gasteiger partial charge in [-0.15, -0.1) is 4.28 Å². The molecule has 2 heterocycles. The van der Waals surface area contributed by atoms with Crippen LogP contribution in [0, 0.1) is 0 Å². The van der Waals surface area contributed by atoms with Crippen LogP contribution in [0.5, 0.6) is 0 Å². The molecule has 0 spiro atoms. The molecule has 3 amide bonds. The zero-order valence-corrected chi connectivity index (χ0v) is 13.3. The number of aliphatic hydroxyl groups is 1. The van der Waals surface area contributed by atoms with E-state index in [1.807, 2.05) is 0 Å². The molecule has 0 unspecified atom stereocenters. The molecule has 0 aliphatic carbocycles. The zero-order chi connectivity index (χ0) is 14.4. The van der Waals surface area contributed by atoms with Gasteiger partial charge in [-0.2, -0.15) is 13.5 Å². The summed E-state index contributed by atoms with van der Waals surface area (Å²) in [6.07, 6.45) is 1.31. The minimum atomic E-state index is -4.87. The molecule has 108 valence electrons. The predicted octanol–water partition coefficient (Wildman–Crippen LogP) is -5.27. The maximum Gasteiger partial charge on any atom is 1.00 e. The number of primary amides is 1. The first kappa shape index (κ1) is 17.4. The molecule has 20 heavy (non-hydrogen) atoms. The molecule has 1 saturated heterocycles. The Bertz CT molecular complexity index is 568. The summed E-state index contributed by atoms with van der Waals surface area (Å²) < 4.78 is 34.0. The van der Waals surface area contributed by atoms with Gasteiger partial charge >= 0.3 is 46.0 Å². The average Bonchev–Trinajstić information content (AvgIpc) is 2.52. The van der Waals surface area contributed by atoms with Crippen LogP contribution in [-0.2, 0) is 19.5 Å². The van der Waals surface area contributed by atoms with Crippen molar-refractivity contribution < 1.29 is 62.9 Å². The Morgan fingerprint density at radius 2 is 2.20 bits per heavy atom. The molecule has 2 rings (SSSR count). The number of nitrogens with zero attached hydrogens (tertiary/aromatic N) is 2. The van der Waals surface area contributed by atoms with Gasteiger partial charge in [0.25, 0.3) is 0 Å². The smallest absolute Gasteiger partial charge is 1.00 e. The van der Waals surface area contributed by atoms with Gasteiger partial charge in [0, 0.05) is 0 Å². The molecular weight excluding hydrogens is 305 g/mol. The number of carbonyl (C=O) groups excluding carboxylic acids is 2. The fourth-order valence-electron chi connectivity index (χ4n) is 2.16. The van der Waals surface area contributed by atoms with E-state index in [1.54, 1.807) is 0 Å². The van der Waals surface area contributed by atoms with Crippen LogP contribution >= 0.6 is 0 Å². The van der Waals surface area contributed by atoms with Crippen molar-refractivity contribution in [3.05, 3.63) is 11.6 Å². The van der Waals surface area contributed by atoms with Crippen molar-refractivity contribution in [1.29, 1.82) is 0 Å². The summed E-state index contributed by atoms with van der Waals surface area (Å²) in [5.74, 6) is -0.860. The summed E-state index contributed by atoms with van der Waals surface area (Å²) in [5, 5.41) is 9.55. The van der Waals surface area contributed by atoms with Crippen molar-refractivity contribution in [1.82, 2.24) is 9.96 Å². The SMILES string of the molecule is NC(=O)[C@@H]1C(CO)=C[C@@H]2CN1C(=O)N2OS(=O)(=O)O.[H-].[Na+]. The summed E-state index contributed by atoms with van der Waals surface area (Å²) in [6.45, 7) is -0.556. The van der Waals surface area contributed by atoms with Gasteiger partial charge in [-0.3, -0.25) is 9.35 Å². The first-order valence-electron chi connectivity index (χ1n) is 5.12. The molecule has 0 radical (unpaired) electrons. The van der Waals surface area contributed by atoms with E-state index in [1.165, 1.54) is 6.08 Å². The van der Waals surface area contributed by atoms with E-state index in [0.717, 1.165) is 4.90 Å². The average molecular weight is 317 g/mol. The Labute approximate surface area is 137 Å². The molecule has 1 fully saturated rings. The van der Waals surface area contributed by atoms with E-state index < -0.39 is 41.0 Å². The number of amides is 3. The van der Waals surface area contributed by atoms with Gasteiger partial charge in [-0.1, -0.05) is 6.08 Å². The van der Waals surface area contributed by atoms with Crippen molar-refractivity contribution in [2.24, 2.45) is 5.73 Å². The topological polar surface area (TPSA) is 150 Å². The third kappa shape index (κ3) is 3.14. The molecule has 12 heteroatoms. The molecule has 0 aromatic carbocycles. The summed E-state index contributed by atoms with van der Waals surface area (Å²) in [5.41, 5.74) is 5.31. The van der Waals surface area contributed by atoms with Crippen molar-refractivity contribution in [2.75, 3.05) is 13.2 Å². The van der Waals surface area contributed by atoms with Crippen LogP contribution in [0.15, 0.2) is 11.6 Å². The van der Waals surface area contributed by atoms with Crippen LogP contribution in [0.1, 0.15) is 1.43 Å². The molecule has 2 aliphatic heterocycles. The van der Waals surface area contributed by atoms with Crippen LogP contribution < -0.4 is 35.3 Å². The number of hydroxylamine groups is 2. The van der Waals surface area contributed by atoms with E-state index in [9.17, 15) is 18.0 Å². The van der Waals surface area contributed by atoms with Gasteiger partial charge in [0.05, 0.1) is 19.2 Å². The van der Waals surface area contributed by atoms with Crippen LogP contribution in [-0.4, -0.2) is 65.2 Å². The van der Waals surface area contributed by atoms with Crippen molar-refractivity contribution in [3.8, 4) is 0 Å². The van der Waals surface area contributed by atoms with E-state index >= 15 is 0 Å². The third-order valence-electron chi connectivity index (χ3n) is 2.82. The second kappa shape index (κ2) is 5.97. The molecule has 10 nitrogen and oxygen atoms in total. The quantitative estimate of drug-likeness (QED) is 0.266. The summed E-state index contributed by atoms with van der Waals surface area (Å²) >= 11 is 0. The minimum absolute atomic E-state index is 0. The number of nitrogens with two attached hydrogens (primary N) is 1. The number of rotatable bonds is 4. The Morgan fingerprint density at radius 1 is 1.60 bits per heavy atom. The number of aliphatic hydroxyl groups excluding tert-OH is 1. The second-order valence-corrected chi connectivity index (χ2v) is 5.04. The van der Waals surface area contributed by atoms with E-state index in [0.29, 0.717) is 5.06 Å². The number of hydrogen-bond donors (Lipinski definition) is 3. The molecule has 0 aromatic rings. The fourth-order valence-corrected chi connectivity index (χ4v) is 2.54. The number of urea groups is 1. The van der Waals surface area contributed by atoms with Gasteiger partial charge in [0.1, 0.15) is 6.04 Å². The first-order chi connectivity index (χ1) is 8.74. The van der Waals surface area contributed by atoms with Gasteiger partial charge in [-0.05, 0) is 5.57 Å². The van der Waals surface area contributed by atoms with Crippen LogP contribution in [0.4, 0.5) is 4.79 Å². The standard InChI is InChI=1S/C8H11N3O7S.Na.H/c9-7(13)6-4(3-12)1-5-2-10(6)8(14)11(5)18-19(15,16)17;;/h1,5-6,12H,2-3H2,(H2,9,13)(H,15,16,17);;/q;+1;-1/t5-,6+;;/m1../s1. The predicted molar refractivity (Wildman–Crippen MR) is 59.6 cm³/mol. The molecule has 0 aromatic heterocycles. The van der Waals surface area contributed by atoms with E-state index in [-0.39, 0.29) is 43.1 Å². The molecule has 2 bridgehead atoms. The number of hydrogen-bond acceptors (Lipinski definition) is 6. The normalized spacial score (nSPS) is 25.3. The zero-order valence-electron chi connectivity index (χ0n) is 11.5. The summed E-state index contributed by atoms with van der Waals surface area (Å²) in [6, 6.07) is -2.94. The molecular formula is C8H12N3NaO7S. The largest absolute Gasteiger partial charge is 1.00 e. The van der Waals surface area contributed by atoms with Crippen LogP contribution in [0.2, 0.25) is 0 Å². The third-order valence-corrected chi connectivity index (χ3v) is 3.16. The summed E-state index contributed by atoms with van der Waals surface area (Å²) in [4.78, 5) is 24.1. The van der Waals surface area contributed by atoms with Crippen LogP contribution in [0.3, 0.4) is 0 Å². The second-order valence-electron chi connectivity index (χ2n) is 4.03. The molecule has 2 atom stereocenters. The molecule has 2 aliphatic rings. The molecule has 4 N–H and O–H groups in total. The van der Waals surface area contributed by atoms with Gasteiger partial charge in [-0.25, -0.2) is 4.79 Å². The van der Waals surface area contributed by atoms with Gasteiger partial charge in [0.2, 0.25) is 5.91 Å². The Morgan fingerprint density at radius 3 is 2.65 bits per heavy atom. The van der Waals surface area contributed by atoms with Crippen molar-refractivity contribution in [2.45, 2.75) is 12.1 Å². The molecule has 0 saturated carbocycles.